The molecule has 3 rings (SSSR count). The van der Waals surface area contributed by atoms with Crippen LogP contribution in [-0.4, -0.2) is 42.7 Å². The summed E-state index contributed by atoms with van der Waals surface area (Å²) in [7, 11) is 1.71. The van der Waals surface area contributed by atoms with E-state index in [-0.39, 0.29) is 11.8 Å². The molecule has 2 aromatic carbocycles. The molecular weight excluding hydrogens is 374 g/mol. The standard InChI is InChI=1S/C26H35NO3/c1-20-12-14-22(15-13-20)24-10-4-5-11-25(24)26(29,16-6-7-18-30-3)23-9-8-17-27(19-23)21(2)28/h4-5,10-15,23,29H,6-9,16-19H2,1-3H3/t23-,26+/m1/s1. The fourth-order valence-electron chi connectivity index (χ4n) is 4.70. The average molecular weight is 410 g/mol. The van der Waals surface area contributed by atoms with Gasteiger partial charge in [-0.25, -0.2) is 0 Å². The zero-order valence-electron chi connectivity index (χ0n) is 18.6. The van der Waals surface area contributed by atoms with Gasteiger partial charge < -0.3 is 14.7 Å². The second-order valence-corrected chi connectivity index (χ2v) is 8.59. The molecule has 162 valence electrons. The van der Waals surface area contributed by atoms with Crippen LogP contribution in [0.1, 0.15) is 50.2 Å². The highest BCUT2D eigenvalue weighted by Crippen LogP contribution is 2.43. The molecule has 0 aromatic heterocycles. The lowest BCUT2D eigenvalue weighted by atomic mass is 9.72. The van der Waals surface area contributed by atoms with Gasteiger partial charge in [0.05, 0.1) is 5.60 Å². The van der Waals surface area contributed by atoms with E-state index in [0.717, 1.165) is 48.9 Å². The van der Waals surface area contributed by atoms with E-state index in [2.05, 4.69) is 43.3 Å². The number of ether oxygens (including phenoxy) is 1. The lowest BCUT2D eigenvalue weighted by molar-refractivity contribution is -0.134. The number of likely N-dealkylation sites (tertiary alicyclic amines) is 1. The Morgan fingerprint density at radius 1 is 1.17 bits per heavy atom. The van der Waals surface area contributed by atoms with Gasteiger partial charge in [-0.2, -0.15) is 0 Å². The minimum Gasteiger partial charge on any atom is -0.385 e. The molecule has 0 saturated carbocycles. The molecule has 30 heavy (non-hydrogen) atoms. The molecular formula is C26H35NO3. The highest BCUT2D eigenvalue weighted by atomic mass is 16.5. The Kier molecular flexibility index (Phi) is 7.68. The number of benzene rings is 2. The molecule has 0 aliphatic carbocycles. The van der Waals surface area contributed by atoms with Crippen molar-refractivity contribution >= 4 is 5.91 Å². The molecule has 4 heteroatoms. The lowest BCUT2D eigenvalue weighted by Crippen LogP contribution is -2.47. The van der Waals surface area contributed by atoms with Gasteiger partial charge in [0.15, 0.2) is 0 Å². The number of unbranched alkanes of at least 4 members (excludes halogenated alkanes) is 1. The first kappa shape index (κ1) is 22.5. The minimum atomic E-state index is -0.983. The number of piperidine rings is 1. The minimum absolute atomic E-state index is 0.0179. The van der Waals surface area contributed by atoms with Crippen molar-refractivity contribution in [3.8, 4) is 11.1 Å². The van der Waals surface area contributed by atoms with Gasteiger partial charge in [-0.1, -0.05) is 54.1 Å². The highest BCUT2D eigenvalue weighted by molar-refractivity contribution is 5.73. The molecule has 0 spiro atoms. The summed E-state index contributed by atoms with van der Waals surface area (Å²) in [6.45, 7) is 5.80. The van der Waals surface area contributed by atoms with Crippen molar-refractivity contribution in [2.45, 2.75) is 51.6 Å². The molecule has 0 bridgehead atoms. The number of rotatable bonds is 8. The number of hydrogen-bond acceptors (Lipinski definition) is 3. The van der Waals surface area contributed by atoms with Gasteiger partial charge in [0, 0.05) is 39.6 Å². The smallest absolute Gasteiger partial charge is 0.219 e. The first-order chi connectivity index (χ1) is 14.5. The van der Waals surface area contributed by atoms with Crippen molar-refractivity contribution in [1.82, 2.24) is 4.90 Å². The third-order valence-electron chi connectivity index (χ3n) is 6.45. The van der Waals surface area contributed by atoms with Crippen molar-refractivity contribution in [2.75, 3.05) is 26.8 Å². The van der Waals surface area contributed by atoms with Crippen LogP contribution >= 0.6 is 0 Å². The quantitative estimate of drug-likeness (QED) is 0.629. The van der Waals surface area contributed by atoms with Crippen LogP contribution in [0.25, 0.3) is 11.1 Å². The predicted octanol–water partition coefficient (Wildman–Crippen LogP) is 4.92. The van der Waals surface area contributed by atoms with Crippen LogP contribution < -0.4 is 0 Å². The molecule has 1 N–H and O–H groups in total. The monoisotopic (exact) mass is 409 g/mol. The van der Waals surface area contributed by atoms with Crippen LogP contribution in [0.5, 0.6) is 0 Å². The Morgan fingerprint density at radius 3 is 2.60 bits per heavy atom. The zero-order chi connectivity index (χ0) is 21.6. The third-order valence-corrected chi connectivity index (χ3v) is 6.45. The summed E-state index contributed by atoms with van der Waals surface area (Å²) in [5.41, 5.74) is 3.40. The Balaban J connectivity index is 2.00. The molecule has 2 aromatic rings. The fourth-order valence-corrected chi connectivity index (χ4v) is 4.70. The largest absolute Gasteiger partial charge is 0.385 e. The molecule has 4 nitrogen and oxygen atoms in total. The van der Waals surface area contributed by atoms with Gasteiger partial charge in [0.1, 0.15) is 0 Å². The molecule has 2 atom stereocenters. The average Bonchev–Trinajstić information content (AvgIpc) is 2.77. The molecule has 1 fully saturated rings. The van der Waals surface area contributed by atoms with E-state index in [1.807, 2.05) is 17.0 Å². The van der Waals surface area contributed by atoms with Gasteiger partial charge in [0.2, 0.25) is 5.91 Å². The number of carbonyl (C=O) groups excluding carboxylic acids is 1. The summed E-state index contributed by atoms with van der Waals surface area (Å²) in [4.78, 5) is 13.9. The zero-order valence-corrected chi connectivity index (χ0v) is 18.6. The van der Waals surface area contributed by atoms with Crippen molar-refractivity contribution in [1.29, 1.82) is 0 Å². The Labute approximate surface area is 180 Å². The maximum absolute atomic E-state index is 12.2. The van der Waals surface area contributed by atoms with Crippen molar-refractivity contribution in [3.63, 3.8) is 0 Å². The van der Waals surface area contributed by atoms with Crippen LogP contribution in [0, 0.1) is 12.8 Å². The van der Waals surface area contributed by atoms with Crippen LogP contribution in [0.3, 0.4) is 0 Å². The predicted molar refractivity (Wildman–Crippen MR) is 121 cm³/mol. The van der Waals surface area contributed by atoms with E-state index in [9.17, 15) is 9.90 Å². The second kappa shape index (κ2) is 10.2. The van der Waals surface area contributed by atoms with E-state index in [0.29, 0.717) is 19.6 Å². The summed E-state index contributed by atoms with van der Waals surface area (Å²) >= 11 is 0. The SMILES string of the molecule is COCCCC[C@@](O)(c1ccccc1-c1ccc(C)cc1)[C@@H]1CCCN(C(C)=O)C1. The van der Waals surface area contributed by atoms with Crippen LogP contribution in [0.15, 0.2) is 48.5 Å². The summed E-state index contributed by atoms with van der Waals surface area (Å²) in [5, 5.41) is 12.2. The number of methoxy groups -OCH3 is 1. The summed E-state index contributed by atoms with van der Waals surface area (Å²) in [6, 6.07) is 16.7. The number of amides is 1. The number of hydrogen-bond donors (Lipinski definition) is 1. The number of nitrogens with zero attached hydrogens (tertiary/aromatic N) is 1. The van der Waals surface area contributed by atoms with Gasteiger partial charge in [-0.05, 0) is 55.7 Å². The van der Waals surface area contributed by atoms with Gasteiger partial charge in [-0.3, -0.25) is 4.79 Å². The Bertz CT molecular complexity index is 832. The topological polar surface area (TPSA) is 49.8 Å². The van der Waals surface area contributed by atoms with Crippen molar-refractivity contribution in [2.24, 2.45) is 5.92 Å². The molecule has 0 unspecified atom stereocenters. The molecule has 1 aliphatic heterocycles. The first-order valence-corrected chi connectivity index (χ1v) is 11.1. The van der Waals surface area contributed by atoms with E-state index < -0.39 is 5.60 Å². The van der Waals surface area contributed by atoms with E-state index in [1.54, 1.807) is 14.0 Å². The van der Waals surface area contributed by atoms with E-state index in [1.165, 1.54) is 5.56 Å². The van der Waals surface area contributed by atoms with Gasteiger partial charge in [-0.15, -0.1) is 0 Å². The van der Waals surface area contributed by atoms with E-state index in [4.69, 9.17) is 4.74 Å². The molecule has 1 aliphatic rings. The Morgan fingerprint density at radius 2 is 1.90 bits per heavy atom. The summed E-state index contributed by atoms with van der Waals surface area (Å²) < 4.78 is 5.23. The first-order valence-electron chi connectivity index (χ1n) is 11.1. The lowest BCUT2D eigenvalue weighted by Gasteiger charge is -2.43. The maximum atomic E-state index is 12.2. The van der Waals surface area contributed by atoms with Gasteiger partial charge in [0.25, 0.3) is 0 Å². The van der Waals surface area contributed by atoms with Crippen molar-refractivity contribution in [3.05, 3.63) is 59.7 Å². The van der Waals surface area contributed by atoms with Crippen molar-refractivity contribution < 1.29 is 14.6 Å². The summed E-state index contributed by atoms with van der Waals surface area (Å²) in [5.74, 6) is 0.109. The third kappa shape index (κ3) is 5.11. The maximum Gasteiger partial charge on any atom is 0.219 e. The summed E-state index contributed by atoms with van der Waals surface area (Å²) in [6.07, 6.45) is 4.30. The number of carbonyl (C=O) groups is 1. The molecule has 1 saturated heterocycles. The number of aryl methyl sites for hydroxylation is 1. The fraction of sp³-hybridized carbons (Fsp3) is 0.500. The van der Waals surface area contributed by atoms with Gasteiger partial charge >= 0.3 is 0 Å². The van der Waals surface area contributed by atoms with Crippen LogP contribution in [-0.2, 0) is 15.1 Å². The second-order valence-electron chi connectivity index (χ2n) is 8.59. The molecule has 1 heterocycles. The number of aliphatic hydroxyl groups is 1. The van der Waals surface area contributed by atoms with Crippen LogP contribution in [0.2, 0.25) is 0 Å². The van der Waals surface area contributed by atoms with E-state index >= 15 is 0 Å². The highest BCUT2D eigenvalue weighted by Gasteiger charge is 2.41. The molecule has 1 amide bonds. The molecule has 0 radical (unpaired) electrons. The van der Waals surface area contributed by atoms with Crippen LogP contribution in [0.4, 0.5) is 0 Å². The normalized spacial score (nSPS) is 18.8. The Hall–Kier alpha value is -2.17.